The van der Waals surface area contributed by atoms with Crippen molar-refractivity contribution < 1.29 is 9.47 Å². The quantitative estimate of drug-likeness (QED) is 0.359. The lowest BCUT2D eigenvalue weighted by atomic mass is 9.92. The van der Waals surface area contributed by atoms with Gasteiger partial charge in [-0.2, -0.15) is 0 Å². The summed E-state index contributed by atoms with van der Waals surface area (Å²) >= 11 is 0. The van der Waals surface area contributed by atoms with E-state index in [-0.39, 0.29) is 6.04 Å². The number of hydrogen-bond acceptors (Lipinski definition) is 5. The molecule has 4 heterocycles. The molecular weight excluding hydrogens is 426 g/mol. The summed E-state index contributed by atoms with van der Waals surface area (Å²) in [4.78, 5) is 15.9. The molecule has 0 amide bonds. The molecule has 34 heavy (non-hydrogen) atoms. The molecule has 0 radical (unpaired) electrons. The molecule has 1 fully saturated rings. The van der Waals surface area contributed by atoms with E-state index in [9.17, 15) is 0 Å². The van der Waals surface area contributed by atoms with E-state index in [0.717, 1.165) is 69.8 Å². The first-order valence-electron chi connectivity index (χ1n) is 11.7. The Bertz CT molecular complexity index is 1540. The Morgan fingerprint density at radius 3 is 3.00 bits per heavy atom. The van der Waals surface area contributed by atoms with E-state index >= 15 is 0 Å². The third-order valence-corrected chi connectivity index (χ3v) is 7.14. The van der Waals surface area contributed by atoms with Gasteiger partial charge in [0.25, 0.3) is 0 Å². The predicted molar refractivity (Wildman–Crippen MR) is 132 cm³/mol. The lowest BCUT2D eigenvalue weighted by molar-refractivity contribution is 0.159. The molecule has 0 unspecified atom stereocenters. The summed E-state index contributed by atoms with van der Waals surface area (Å²) in [5.74, 6) is 2.43. The van der Waals surface area contributed by atoms with Crippen molar-refractivity contribution >= 4 is 21.8 Å². The molecule has 3 aromatic carbocycles. The fraction of sp³-hybridized carbons (Fsp3) is 0.259. The zero-order valence-electron chi connectivity index (χ0n) is 18.9. The number of rotatable bonds is 4. The van der Waals surface area contributed by atoms with Gasteiger partial charge in [-0.3, -0.25) is 0 Å². The maximum absolute atomic E-state index is 6.21. The standard InChI is InChI=1S/C27H25N5O2/c1-33-12-15-6-23(28-10-15)27-29-11-24(32-27)17-2-4-19-18(7-17)13-34-25-9-20-16(8-21(19)25)3-5-22-26(20)31-14-30-22/h2-5,7-9,11,14-15,23,28H,6,10,12-13H2,1H3,(H,29,32)(H,30,31)/t15-,23-/m0/s1. The highest BCUT2D eigenvalue weighted by Crippen LogP contribution is 2.42. The number of nitrogens with one attached hydrogen (secondary N) is 3. The number of fused-ring (bicyclic) bond motifs is 6. The first-order valence-corrected chi connectivity index (χ1v) is 11.7. The Morgan fingerprint density at radius 2 is 2.06 bits per heavy atom. The number of hydrogen-bond donors (Lipinski definition) is 3. The number of H-pyrrole nitrogens is 2. The number of nitrogens with zero attached hydrogens (tertiary/aromatic N) is 2. The van der Waals surface area contributed by atoms with Crippen LogP contribution in [0.1, 0.15) is 23.9 Å². The minimum atomic E-state index is 0.246. The fourth-order valence-corrected chi connectivity index (χ4v) is 5.43. The van der Waals surface area contributed by atoms with Crippen LogP contribution in [0.2, 0.25) is 0 Å². The van der Waals surface area contributed by atoms with E-state index in [1.54, 1.807) is 13.4 Å². The second-order valence-corrected chi connectivity index (χ2v) is 9.29. The highest BCUT2D eigenvalue weighted by Gasteiger charge is 2.27. The molecule has 0 saturated carbocycles. The fourth-order valence-electron chi connectivity index (χ4n) is 5.43. The van der Waals surface area contributed by atoms with Crippen molar-refractivity contribution in [2.75, 3.05) is 20.3 Å². The van der Waals surface area contributed by atoms with Gasteiger partial charge in [0.05, 0.1) is 41.9 Å². The van der Waals surface area contributed by atoms with Crippen molar-refractivity contribution in [2.24, 2.45) is 5.92 Å². The molecule has 2 aliphatic rings. The second-order valence-electron chi connectivity index (χ2n) is 9.29. The molecule has 0 spiro atoms. The highest BCUT2D eigenvalue weighted by atomic mass is 16.5. The van der Waals surface area contributed by atoms with Gasteiger partial charge in [0.15, 0.2) is 0 Å². The van der Waals surface area contributed by atoms with E-state index in [1.165, 1.54) is 11.1 Å². The van der Waals surface area contributed by atoms with Gasteiger partial charge in [-0.05, 0) is 58.7 Å². The molecule has 1 saturated heterocycles. The normalized spacial score (nSPS) is 19.3. The molecule has 0 aliphatic carbocycles. The summed E-state index contributed by atoms with van der Waals surface area (Å²) in [6.45, 7) is 2.29. The van der Waals surface area contributed by atoms with Crippen LogP contribution in [0, 0.1) is 5.92 Å². The zero-order chi connectivity index (χ0) is 22.6. The Hall–Kier alpha value is -3.68. The summed E-state index contributed by atoms with van der Waals surface area (Å²) in [6.07, 6.45) is 4.71. The van der Waals surface area contributed by atoms with Crippen molar-refractivity contribution in [1.29, 1.82) is 0 Å². The summed E-state index contributed by atoms with van der Waals surface area (Å²) < 4.78 is 11.5. The number of imidazole rings is 2. The number of ether oxygens (including phenoxy) is 2. The van der Waals surface area contributed by atoms with Gasteiger partial charge >= 0.3 is 0 Å². The summed E-state index contributed by atoms with van der Waals surface area (Å²) in [5, 5.41) is 5.82. The number of benzene rings is 3. The lowest BCUT2D eigenvalue weighted by Crippen LogP contribution is -2.15. The monoisotopic (exact) mass is 451 g/mol. The topological polar surface area (TPSA) is 87.8 Å². The average molecular weight is 452 g/mol. The van der Waals surface area contributed by atoms with Gasteiger partial charge in [0.2, 0.25) is 0 Å². The van der Waals surface area contributed by atoms with Gasteiger partial charge in [0, 0.05) is 24.6 Å². The molecule has 2 atom stereocenters. The van der Waals surface area contributed by atoms with Gasteiger partial charge in [-0.15, -0.1) is 0 Å². The molecule has 5 aromatic rings. The van der Waals surface area contributed by atoms with Crippen LogP contribution in [-0.2, 0) is 11.3 Å². The van der Waals surface area contributed by atoms with Crippen molar-refractivity contribution in [3.05, 3.63) is 66.4 Å². The van der Waals surface area contributed by atoms with Gasteiger partial charge in [0.1, 0.15) is 18.2 Å². The molecule has 3 N–H and O–H groups in total. The summed E-state index contributed by atoms with van der Waals surface area (Å²) in [6, 6.07) is 15.4. The van der Waals surface area contributed by atoms with Crippen LogP contribution >= 0.6 is 0 Å². The van der Waals surface area contributed by atoms with Crippen molar-refractivity contribution in [3.63, 3.8) is 0 Å². The SMILES string of the molecule is COC[C@@H]1CN[C@H](c2ncc(-c3ccc4c(c3)COc3cc5c(ccc6[nH]cnc65)cc3-4)[nH]2)C1. The molecule has 2 aromatic heterocycles. The Labute approximate surface area is 196 Å². The third-order valence-electron chi connectivity index (χ3n) is 7.14. The minimum Gasteiger partial charge on any atom is -0.488 e. The van der Waals surface area contributed by atoms with Crippen molar-refractivity contribution in [3.8, 4) is 28.1 Å². The molecule has 170 valence electrons. The van der Waals surface area contributed by atoms with Crippen LogP contribution < -0.4 is 10.1 Å². The van der Waals surface area contributed by atoms with E-state index in [2.05, 4.69) is 67.7 Å². The maximum Gasteiger partial charge on any atom is 0.128 e. The van der Waals surface area contributed by atoms with E-state index in [4.69, 9.17) is 9.47 Å². The smallest absolute Gasteiger partial charge is 0.128 e. The van der Waals surface area contributed by atoms with Crippen molar-refractivity contribution in [2.45, 2.75) is 19.1 Å². The molecule has 0 bridgehead atoms. The van der Waals surface area contributed by atoms with E-state index < -0.39 is 0 Å². The molecule has 7 heteroatoms. The van der Waals surface area contributed by atoms with Gasteiger partial charge < -0.3 is 24.8 Å². The lowest BCUT2D eigenvalue weighted by Gasteiger charge is -2.22. The summed E-state index contributed by atoms with van der Waals surface area (Å²) in [5.41, 5.74) is 7.68. The van der Waals surface area contributed by atoms with Crippen LogP contribution in [-0.4, -0.2) is 40.2 Å². The molecule has 2 aliphatic heterocycles. The maximum atomic E-state index is 6.21. The van der Waals surface area contributed by atoms with Gasteiger partial charge in [-0.25, -0.2) is 9.97 Å². The molecule has 7 rings (SSSR count). The third kappa shape index (κ3) is 3.12. The number of aromatic amines is 2. The second kappa shape index (κ2) is 7.68. The first kappa shape index (κ1) is 19.8. The zero-order valence-corrected chi connectivity index (χ0v) is 18.9. The van der Waals surface area contributed by atoms with E-state index in [0.29, 0.717) is 12.5 Å². The Kier molecular flexibility index (Phi) is 4.47. The van der Waals surface area contributed by atoms with Crippen LogP contribution in [0.4, 0.5) is 0 Å². The van der Waals surface area contributed by atoms with Crippen LogP contribution in [0.3, 0.4) is 0 Å². The van der Waals surface area contributed by atoms with Gasteiger partial charge in [-0.1, -0.05) is 18.2 Å². The largest absolute Gasteiger partial charge is 0.488 e. The minimum absolute atomic E-state index is 0.246. The van der Waals surface area contributed by atoms with Crippen LogP contribution in [0.5, 0.6) is 5.75 Å². The van der Waals surface area contributed by atoms with E-state index in [1.807, 2.05) is 6.20 Å². The van der Waals surface area contributed by atoms with Crippen LogP contribution in [0.15, 0.2) is 55.0 Å². The molecular formula is C27H25N5O2. The first-order chi connectivity index (χ1) is 16.8. The average Bonchev–Trinajstić information content (AvgIpc) is 3.63. The Balaban J connectivity index is 1.22. The van der Waals surface area contributed by atoms with Crippen molar-refractivity contribution in [1.82, 2.24) is 25.3 Å². The van der Waals surface area contributed by atoms with Crippen LogP contribution in [0.25, 0.3) is 44.2 Å². The highest BCUT2D eigenvalue weighted by molar-refractivity contribution is 6.06. The predicted octanol–water partition coefficient (Wildman–Crippen LogP) is 4.96. The number of aromatic nitrogens is 4. The number of methoxy groups -OCH3 is 1. The summed E-state index contributed by atoms with van der Waals surface area (Å²) in [7, 11) is 1.76. The Morgan fingerprint density at radius 1 is 1.09 bits per heavy atom. The molecule has 7 nitrogen and oxygen atoms in total.